The average molecular weight is 311 g/mol. The maximum Gasteiger partial charge on any atom is 0.246 e. The molecule has 5 nitrogen and oxygen atoms in total. The van der Waals surface area contributed by atoms with Crippen molar-refractivity contribution in [2.24, 2.45) is 0 Å². The van der Waals surface area contributed by atoms with Crippen molar-refractivity contribution in [3.05, 3.63) is 24.5 Å². The number of nitrogens with one attached hydrogen (secondary N) is 1. The Balaban J connectivity index is 2.03. The largest absolute Gasteiger partial charge is 0.345 e. The Morgan fingerprint density at radius 3 is 3.20 bits per heavy atom. The number of hydrogen-bond acceptors (Lipinski definition) is 4. The van der Waals surface area contributed by atoms with E-state index >= 15 is 0 Å². The summed E-state index contributed by atoms with van der Waals surface area (Å²) in [4.78, 5) is 7.43. The minimum atomic E-state index is -3.45. The molecule has 3 heterocycles. The highest BCUT2D eigenvalue weighted by Crippen LogP contribution is 2.34. The van der Waals surface area contributed by atoms with E-state index in [1.165, 1.54) is 0 Å². The summed E-state index contributed by atoms with van der Waals surface area (Å²) in [6.45, 7) is 2.67. The summed E-state index contributed by atoms with van der Waals surface area (Å²) in [5, 5.41) is 0.728. The topological polar surface area (TPSA) is 66.1 Å². The molecule has 0 aliphatic carbocycles. The second-order valence-corrected chi connectivity index (χ2v) is 7.93. The minimum Gasteiger partial charge on any atom is -0.345 e. The Labute approximate surface area is 122 Å². The SMILES string of the molecule is CCCC1SCCN1S(=O)(=O)c1c[nH]c2ncccc12. The quantitative estimate of drug-likeness (QED) is 0.942. The third-order valence-electron chi connectivity index (χ3n) is 3.48. The summed E-state index contributed by atoms with van der Waals surface area (Å²) in [6, 6.07) is 3.56. The molecule has 3 rings (SSSR count). The molecule has 1 saturated heterocycles. The molecule has 0 aromatic carbocycles. The summed E-state index contributed by atoms with van der Waals surface area (Å²) >= 11 is 1.73. The molecule has 108 valence electrons. The first-order valence-corrected chi connectivity index (χ1v) is 9.19. The van der Waals surface area contributed by atoms with Crippen LogP contribution in [-0.4, -0.2) is 40.4 Å². The molecular formula is C13H17N3O2S2. The second kappa shape index (κ2) is 5.38. The van der Waals surface area contributed by atoms with Gasteiger partial charge in [0.15, 0.2) is 0 Å². The van der Waals surface area contributed by atoms with Crippen LogP contribution in [0.4, 0.5) is 0 Å². The van der Waals surface area contributed by atoms with Gasteiger partial charge in [0.25, 0.3) is 0 Å². The molecule has 7 heteroatoms. The summed E-state index contributed by atoms with van der Waals surface area (Å²) in [7, 11) is -3.45. The predicted octanol–water partition coefficient (Wildman–Crippen LogP) is 2.43. The van der Waals surface area contributed by atoms with Gasteiger partial charge >= 0.3 is 0 Å². The van der Waals surface area contributed by atoms with E-state index < -0.39 is 10.0 Å². The molecule has 1 N–H and O–H groups in total. The molecule has 0 radical (unpaired) electrons. The molecule has 0 bridgehead atoms. The van der Waals surface area contributed by atoms with E-state index in [1.807, 2.05) is 0 Å². The smallest absolute Gasteiger partial charge is 0.246 e. The summed E-state index contributed by atoms with van der Waals surface area (Å²) in [5.74, 6) is 0.866. The molecule has 1 unspecified atom stereocenters. The van der Waals surface area contributed by atoms with Crippen molar-refractivity contribution in [3.63, 3.8) is 0 Å². The van der Waals surface area contributed by atoms with Crippen molar-refractivity contribution >= 4 is 32.8 Å². The van der Waals surface area contributed by atoms with E-state index in [-0.39, 0.29) is 5.37 Å². The number of pyridine rings is 1. The van der Waals surface area contributed by atoms with Crippen LogP contribution in [-0.2, 0) is 10.0 Å². The lowest BCUT2D eigenvalue weighted by Gasteiger charge is -2.22. The normalized spacial score (nSPS) is 20.8. The van der Waals surface area contributed by atoms with Gasteiger partial charge in [-0.15, -0.1) is 11.8 Å². The number of fused-ring (bicyclic) bond motifs is 1. The first-order valence-electron chi connectivity index (χ1n) is 6.70. The zero-order chi connectivity index (χ0) is 14.2. The van der Waals surface area contributed by atoms with Gasteiger partial charge in [-0.1, -0.05) is 13.3 Å². The van der Waals surface area contributed by atoms with Gasteiger partial charge in [-0.25, -0.2) is 13.4 Å². The highest BCUT2D eigenvalue weighted by molar-refractivity contribution is 8.01. The van der Waals surface area contributed by atoms with Gasteiger partial charge < -0.3 is 4.98 Å². The molecule has 1 aliphatic rings. The lowest BCUT2D eigenvalue weighted by molar-refractivity contribution is 0.412. The van der Waals surface area contributed by atoms with Crippen molar-refractivity contribution in [1.82, 2.24) is 14.3 Å². The van der Waals surface area contributed by atoms with E-state index in [2.05, 4.69) is 16.9 Å². The summed E-state index contributed by atoms with van der Waals surface area (Å²) in [6.07, 6.45) is 5.09. The zero-order valence-electron chi connectivity index (χ0n) is 11.2. The first-order chi connectivity index (χ1) is 9.64. The molecule has 1 fully saturated rings. The molecular weight excluding hydrogens is 294 g/mol. The van der Waals surface area contributed by atoms with Gasteiger partial charge in [0.05, 0.1) is 5.37 Å². The third-order valence-corrected chi connectivity index (χ3v) is 6.85. The Kier molecular flexibility index (Phi) is 3.74. The first kappa shape index (κ1) is 13.9. The van der Waals surface area contributed by atoms with Crippen LogP contribution in [0.15, 0.2) is 29.4 Å². The van der Waals surface area contributed by atoms with Gasteiger partial charge in [0, 0.05) is 30.1 Å². The van der Waals surface area contributed by atoms with Gasteiger partial charge in [-0.3, -0.25) is 0 Å². The van der Waals surface area contributed by atoms with Crippen LogP contribution >= 0.6 is 11.8 Å². The lowest BCUT2D eigenvalue weighted by Crippen LogP contribution is -2.34. The summed E-state index contributed by atoms with van der Waals surface area (Å²) in [5.41, 5.74) is 0.616. The maximum absolute atomic E-state index is 12.9. The molecule has 0 spiro atoms. The molecule has 1 aliphatic heterocycles. The average Bonchev–Trinajstić information content (AvgIpc) is 3.05. The Bertz CT molecular complexity index is 711. The third kappa shape index (κ3) is 2.23. The molecule has 20 heavy (non-hydrogen) atoms. The van der Waals surface area contributed by atoms with E-state index in [0.717, 1.165) is 18.6 Å². The van der Waals surface area contributed by atoms with E-state index in [9.17, 15) is 8.42 Å². The van der Waals surface area contributed by atoms with Crippen LogP contribution < -0.4 is 0 Å². The number of H-pyrrole nitrogens is 1. The number of nitrogens with zero attached hydrogens (tertiary/aromatic N) is 2. The fourth-order valence-electron chi connectivity index (χ4n) is 2.53. The summed E-state index contributed by atoms with van der Waals surface area (Å²) < 4.78 is 27.4. The van der Waals surface area contributed by atoms with Crippen molar-refractivity contribution in [2.45, 2.75) is 30.0 Å². The highest BCUT2D eigenvalue weighted by atomic mass is 32.2. The van der Waals surface area contributed by atoms with Gasteiger partial charge in [0.2, 0.25) is 10.0 Å². The predicted molar refractivity (Wildman–Crippen MR) is 81.1 cm³/mol. The fraction of sp³-hybridized carbons (Fsp3) is 0.462. The van der Waals surface area contributed by atoms with E-state index in [1.54, 1.807) is 40.6 Å². The molecule has 2 aromatic heterocycles. The van der Waals surface area contributed by atoms with E-state index in [0.29, 0.717) is 22.5 Å². The second-order valence-electron chi connectivity index (χ2n) is 4.78. The van der Waals surface area contributed by atoms with Crippen molar-refractivity contribution in [2.75, 3.05) is 12.3 Å². The number of rotatable bonds is 4. The van der Waals surface area contributed by atoms with Crippen molar-refractivity contribution in [3.8, 4) is 0 Å². The Hall–Kier alpha value is -1.05. The van der Waals surface area contributed by atoms with Crippen LogP contribution in [0, 0.1) is 0 Å². The standard InChI is InChI=1S/C13H17N3O2S2/c1-2-4-12-16(7-8-19-12)20(17,18)11-9-15-13-10(11)5-3-6-14-13/h3,5-6,9,12H,2,4,7-8H2,1H3,(H,14,15). The van der Waals surface area contributed by atoms with Crippen LogP contribution in [0.1, 0.15) is 19.8 Å². The maximum atomic E-state index is 12.9. The van der Waals surface area contributed by atoms with Gasteiger partial charge in [-0.2, -0.15) is 4.31 Å². The molecule has 0 saturated carbocycles. The fourth-order valence-corrected chi connectivity index (χ4v) is 6.06. The Morgan fingerprint density at radius 2 is 2.40 bits per heavy atom. The number of thioether (sulfide) groups is 1. The van der Waals surface area contributed by atoms with Crippen molar-refractivity contribution in [1.29, 1.82) is 0 Å². The minimum absolute atomic E-state index is 0.0617. The zero-order valence-corrected chi connectivity index (χ0v) is 12.9. The number of aromatic nitrogens is 2. The van der Waals surface area contributed by atoms with Crippen LogP contribution in [0.3, 0.4) is 0 Å². The van der Waals surface area contributed by atoms with Crippen LogP contribution in [0.2, 0.25) is 0 Å². The van der Waals surface area contributed by atoms with Crippen LogP contribution in [0.25, 0.3) is 11.0 Å². The van der Waals surface area contributed by atoms with E-state index in [4.69, 9.17) is 0 Å². The van der Waals surface area contributed by atoms with Crippen molar-refractivity contribution < 1.29 is 8.42 Å². The monoisotopic (exact) mass is 311 g/mol. The molecule has 2 aromatic rings. The highest BCUT2D eigenvalue weighted by Gasteiger charge is 2.36. The number of hydrogen-bond donors (Lipinski definition) is 1. The number of aromatic amines is 1. The van der Waals surface area contributed by atoms with Gasteiger partial charge in [0.1, 0.15) is 10.5 Å². The van der Waals surface area contributed by atoms with Crippen LogP contribution in [0.5, 0.6) is 0 Å². The Morgan fingerprint density at radius 1 is 1.55 bits per heavy atom. The molecule has 0 amide bonds. The lowest BCUT2D eigenvalue weighted by atomic mass is 10.3. The van der Waals surface area contributed by atoms with Gasteiger partial charge in [-0.05, 0) is 18.6 Å². The molecule has 1 atom stereocenters. The number of sulfonamides is 1.